The van der Waals surface area contributed by atoms with Gasteiger partial charge in [0, 0.05) is 19.8 Å². The van der Waals surface area contributed by atoms with Crippen LogP contribution in [-0.2, 0) is 9.53 Å². The highest BCUT2D eigenvalue weighted by Gasteiger charge is 2.16. The van der Waals surface area contributed by atoms with Gasteiger partial charge in [-0.3, -0.25) is 4.79 Å². The molecule has 5 nitrogen and oxygen atoms in total. The minimum atomic E-state index is -0.808. The second-order valence-electron chi connectivity index (χ2n) is 3.89. The summed E-state index contributed by atoms with van der Waals surface area (Å²) in [6.45, 7) is 3.03. The van der Waals surface area contributed by atoms with Gasteiger partial charge >= 0.3 is 5.97 Å². The van der Waals surface area contributed by atoms with E-state index < -0.39 is 12.0 Å². The van der Waals surface area contributed by atoms with Crippen molar-refractivity contribution in [2.45, 2.75) is 18.9 Å². The molecule has 1 saturated heterocycles. The van der Waals surface area contributed by atoms with Crippen molar-refractivity contribution in [1.82, 2.24) is 10.6 Å². The van der Waals surface area contributed by atoms with Gasteiger partial charge in [-0.1, -0.05) is 0 Å². The molecule has 0 radical (unpaired) electrons. The van der Waals surface area contributed by atoms with Gasteiger partial charge in [-0.15, -0.1) is 0 Å². The molecule has 0 aliphatic carbocycles. The molecule has 1 aliphatic heterocycles. The van der Waals surface area contributed by atoms with E-state index in [0.29, 0.717) is 12.5 Å². The molecule has 0 aromatic rings. The first-order valence-corrected chi connectivity index (χ1v) is 5.42. The average Bonchev–Trinajstić information content (AvgIpc) is 2.25. The van der Waals surface area contributed by atoms with Crippen molar-refractivity contribution in [1.29, 1.82) is 0 Å². The standard InChI is InChI=1S/C10H20N2O3/c1-11-9(10(13)14)7-12-6-8-2-4-15-5-3-8/h8-9,11-12H,2-7H2,1H3,(H,13,14). The molecule has 0 aromatic carbocycles. The summed E-state index contributed by atoms with van der Waals surface area (Å²) in [5.74, 6) is -0.179. The summed E-state index contributed by atoms with van der Waals surface area (Å²) < 4.78 is 5.25. The second-order valence-corrected chi connectivity index (χ2v) is 3.89. The molecular formula is C10H20N2O3. The smallest absolute Gasteiger partial charge is 0.322 e. The van der Waals surface area contributed by atoms with Crippen molar-refractivity contribution < 1.29 is 14.6 Å². The third-order valence-corrected chi connectivity index (χ3v) is 2.77. The summed E-state index contributed by atoms with van der Waals surface area (Å²) in [5.41, 5.74) is 0. The normalized spacial score (nSPS) is 20.1. The molecule has 0 saturated carbocycles. The molecule has 0 bridgehead atoms. The van der Waals surface area contributed by atoms with E-state index in [-0.39, 0.29) is 0 Å². The van der Waals surface area contributed by atoms with Crippen LogP contribution in [0, 0.1) is 5.92 Å². The Morgan fingerprint density at radius 3 is 2.73 bits per heavy atom. The third kappa shape index (κ3) is 4.59. The van der Waals surface area contributed by atoms with E-state index in [0.717, 1.165) is 32.6 Å². The van der Waals surface area contributed by atoms with Crippen molar-refractivity contribution in [2.24, 2.45) is 5.92 Å². The Balaban J connectivity index is 2.11. The lowest BCUT2D eigenvalue weighted by atomic mass is 10.0. The van der Waals surface area contributed by atoms with Crippen LogP contribution in [0.1, 0.15) is 12.8 Å². The number of carbonyl (C=O) groups is 1. The fraction of sp³-hybridized carbons (Fsp3) is 0.900. The number of carboxylic acid groups (broad SMARTS) is 1. The maximum atomic E-state index is 10.7. The van der Waals surface area contributed by atoms with Crippen LogP contribution in [-0.4, -0.2) is 50.5 Å². The van der Waals surface area contributed by atoms with Crippen molar-refractivity contribution in [3.05, 3.63) is 0 Å². The Kier molecular flexibility index (Phi) is 5.60. The first-order valence-electron chi connectivity index (χ1n) is 5.42. The molecule has 1 unspecified atom stereocenters. The molecule has 0 aromatic heterocycles. The monoisotopic (exact) mass is 216 g/mol. The Hall–Kier alpha value is -0.650. The first kappa shape index (κ1) is 12.4. The van der Waals surface area contributed by atoms with Crippen molar-refractivity contribution >= 4 is 5.97 Å². The molecule has 0 amide bonds. The highest BCUT2D eigenvalue weighted by atomic mass is 16.5. The van der Waals surface area contributed by atoms with E-state index in [9.17, 15) is 4.79 Å². The quantitative estimate of drug-likeness (QED) is 0.567. The fourth-order valence-electron chi connectivity index (χ4n) is 1.70. The molecule has 1 atom stereocenters. The summed E-state index contributed by atoms with van der Waals surface area (Å²) in [5, 5.41) is 14.7. The number of carboxylic acids is 1. The molecule has 0 spiro atoms. The van der Waals surface area contributed by atoms with Gasteiger partial charge in [0.2, 0.25) is 0 Å². The zero-order valence-corrected chi connectivity index (χ0v) is 9.16. The van der Waals surface area contributed by atoms with E-state index >= 15 is 0 Å². The summed E-state index contributed by atoms with van der Waals surface area (Å²) in [6, 6.07) is -0.496. The van der Waals surface area contributed by atoms with Crippen LogP contribution in [0.3, 0.4) is 0 Å². The summed E-state index contributed by atoms with van der Waals surface area (Å²) in [4.78, 5) is 10.7. The van der Waals surface area contributed by atoms with Crippen LogP contribution >= 0.6 is 0 Å². The minimum absolute atomic E-state index is 0.475. The van der Waals surface area contributed by atoms with Crippen LogP contribution < -0.4 is 10.6 Å². The number of hydrogen-bond donors (Lipinski definition) is 3. The lowest BCUT2D eigenvalue weighted by molar-refractivity contribution is -0.139. The molecular weight excluding hydrogens is 196 g/mol. The molecule has 5 heteroatoms. The van der Waals surface area contributed by atoms with Crippen LogP contribution in [0.5, 0.6) is 0 Å². The van der Waals surface area contributed by atoms with Gasteiger partial charge in [0.1, 0.15) is 6.04 Å². The molecule has 1 fully saturated rings. The number of rotatable bonds is 6. The van der Waals surface area contributed by atoms with E-state index in [1.807, 2.05) is 0 Å². The van der Waals surface area contributed by atoms with Crippen LogP contribution in [0.25, 0.3) is 0 Å². The van der Waals surface area contributed by atoms with Crippen LogP contribution in [0.15, 0.2) is 0 Å². The second kappa shape index (κ2) is 6.76. The van der Waals surface area contributed by atoms with Gasteiger partial charge in [-0.25, -0.2) is 0 Å². The minimum Gasteiger partial charge on any atom is -0.480 e. The Morgan fingerprint density at radius 1 is 1.53 bits per heavy atom. The average molecular weight is 216 g/mol. The highest BCUT2D eigenvalue weighted by Crippen LogP contribution is 2.12. The SMILES string of the molecule is CNC(CNCC1CCOCC1)C(=O)O. The Labute approximate surface area is 90.2 Å². The molecule has 88 valence electrons. The molecule has 1 heterocycles. The maximum absolute atomic E-state index is 10.7. The van der Waals surface area contributed by atoms with Crippen molar-refractivity contribution in [2.75, 3.05) is 33.4 Å². The number of hydrogen-bond acceptors (Lipinski definition) is 4. The zero-order chi connectivity index (χ0) is 11.1. The highest BCUT2D eigenvalue weighted by molar-refractivity contribution is 5.73. The third-order valence-electron chi connectivity index (χ3n) is 2.77. The maximum Gasteiger partial charge on any atom is 0.322 e. The van der Waals surface area contributed by atoms with Crippen molar-refractivity contribution in [3.63, 3.8) is 0 Å². The number of aliphatic carboxylic acids is 1. The molecule has 1 rings (SSSR count). The van der Waals surface area contributed by atoms with E-state index in [1.165, 1.54) is 0 Å². The lowest BCUT2D eigenvalue weighted by Crippen LogP contribution is -2.44. The van der Waals surface area contributed by atoms with Gasteiger partial charge in [0.15, 0.2) is 0 Å². The largest absolute Gasteiger partial charge is 0.480 e. The van der Waals surface area contributed by atoms with E-state index in [1.54, 1.807) is 7.05 Å². The molecule has 3 N–H and O–H groups in total. The number of ether oxygens (including phenoxy) is 1. The predicted molar refractivity (Wildman–Crippen MR) is 56.9 cm³/mol. The number of likely N-dealkylation sites (N-methyl/N-ethyl adjacent to an activating group) is 1. The van der Waals surface area contributed by atoms with Crippen LogP contribution in [0.4, 0.5) is 0 Å². The van der Waals surface area contributed by atoms with Crippen molar-refractivity contribution in [3.8, 4) is 0 Å². The van der Waals surface area contributed by atoms with E-state index in [4.69, 9.17) is 9.84 Å². The zero-order valence-electron chi connectivity index (χ0n) is 9.16. The first-order chi connectivity index (χ1) is 7.24. The van der Waals surface area contributed by atoms with Gasteiger partial charge in [0.05, 0.1) is 0 Å². The van der Waals surface area contributed by atoms with Crippen LogP contribution in [0.2, 0.25) is 0 Å². The Morgan fingerprint density at radius 2 is 2.20 bits per heavy atom. The fourth-order valence-corrected chi connectivity index (χ4v) is 1.70. The topological polar surface area (TPSA) is 70.6 Å². The summed E-state index contributed by atoms with van der Waals surface area (Å²) >= 11 is 0. The van der Waals surface area contributed by atoms with Gasteiger partial charge in [-0.2, -0.15) is 0 Å². The van der Waals surface area contributed by atoms with Gasteiger partial charge in [-0.05, 0) is 32.4 Å². The van der Waals surface area contributed by atoms with E-state index in [2.05, 4.69) is 10.6 Å². The number of nitrogens with one attached hydrogen (secondary N) is 2. The molecule has 1 aliphatic rings. The predicted octanol–water partition coefficient (Wildman–Crippen LogP) is -0.325. The molecule has 15 heavy (non-hydrogen) atoms. The summed E-state index contributed by atoms with van der Waals surface area (Å²) in [7, 11) is 1.66. The lowest BCUT2D eigenvalue weighted by Gasteiger charge is -2.23. The Bertz CT molecular complexity index is 193. The summed E-state index contributed by atoms with van der Waals surface area (Å²) in [6.07, 6.45) is 2.15. The van der Waals surface area contributed by atoms with Gasteiger partial charge in [0.25, 0.3) is 0 Å². The van der Waals surface area contributed by atoms with Gasteiger partial charge < -0.3 is 20.5 Å².